The van der Waals surface area contributed by atoms with E-state index < -0.39 is 0 Å². The molecule has 2 saturated heterocycles. The maximum atomic E-state index is 11.7. The SMILES string of the molecule is Cl.Cl.O=C(CCC1CCNCC1)NCCCN1CCCC1. The molecule has 0 saturated carbocycles. The molecule has 0 unspecified atom stereocenters. The van der Waals surface area contributed by atoms with Crippen LogP contribution in [0.2, 0.25) is 0 Å². The molecule has 2 fully saturated rings. The smallest absolute Gasteiger partial charge is 0.220 e. The number of likely N-dealkylation sites (tertiary alicyclic amines) is 1. The maximum Gasteiger partial charge on any atom is 0.220 e. The second-order valence-corrected chi connectivity index (χ2v) is 5.98. The third-order valence-corrected chi connectivity index (χ3v) is 4.41. The highest BCUT2D eigenvalue weighted by Crippen LogP contribution is 2.17. The minimum Gasteiger partial charge on any atom is -0.356 e. The van der Waals surface area contributed by atoms with E-state index >= 15 is 0 Å². The van der Waals surface area contributed by atoms with E-state index in [2.05, 4.69) is 15.5 Å². The molecule has 6 heteroatoms. The van der Waals surface area contributed by atoms with Gasteiger partial charge in [0, 0.05) is 13.0 Å². The first-order valence-corrected chi connectivity index (χ1v) is 8.04. The summed E-state index contributed by atoms with van der Waals surface area (Å²) in [5.41, 5.74) is 0. The quantitative estimate of drug-likeness (QED) is 0.699. The van der Waals surface area contributed by atoms with Crippen LogP contribution in [-0.4, -0.2) is 50.1 Å². The number of hydrogen-bond acceptors (Lipinski definition) is 3. The van der Waals surface area contributed by atoms with Gasteiger partial charge in [-0.15, -0.1) is 24.8 Å². The van der Waals surface area contributed by atoms with Gasteiger partial charge in [0.1, 0.15) is 0 Å². The lowest BCUT2D eigenvalue weighted by Crippen LogP contribution is -2.30. The van der Waals surface area contributed by atoms with Gasteiger partial charge in [0.15, 0.2) is 0 Å². The fourth-order valence-electron chi connectivity index (χ4n) is 3.13. The molecule has 0 aliphatic carbocycles. The number of amides is 1. The topological polar surface area (TPSA) is 44.4 Å². The van der Waals surface area contributed by atoms with E-state index in [1.165, 1.54) is 38.8 Å². The number of rotatable bonds is 7. The van der Waals surface area contributed by atoms with Crippen LogP contribution >= 0.6 is 24.8 Å². The van der Waals surface area contributed by atoms with Crippen LogP contribution in [0, 0.1) is 5.92 Å². The predicted octanol–water partition coefficient (Wildman–Crippen LogP) is 2.21. The normalized spacial score (nSPS) is 19.6. The van der Waals surface area contributed by atoms with E-state index in [0.717, 1.165) is 44.9 Å². The molecule has 0 atom stereocenters. The molecule has 2 heterocycles. The van der Waals surface area contributed by atoms with Gasteiger partial charge in [0.05, 0.1) is 0 Å². The molecule has 0 bridgehead atoms. The van der Waals surface area contributed by atoms with Crippen LogP contribution in [0.3, 0.4) is 0 Å². The Hall–Kier alpha value is -0.0300. The van der Waals surface area contributed by atoms with Gasteiger partial charge < -0.3 is 15.5 Å². The molecular weight excluding hydrogens is 309 g/mol. The van der Waals surface area contributed by atoms with E-state index in [-0.39, 0.29) is 30.7 Å². The summed E-state index contributed by atoms with van der Waals surface area (Å²) < 4.78 is 0. The Bertz CT molecular complexity index is 268. The summed E-state index contributed by atoms with van der Waals surface area (Å²) in [6.07, 6.45) is 8.06. The van der Waals surface area contributed by atoms with Crippen molar-refractivity contribution in [3.63, 3.8) is 0 Å². The van der Waals surface area contributed by atoms with Crippen molar-refractivity contribution >= 4 is 30.7 Å². The minimum atomic E-state index is 0. The molecule has 2 aliphatic rings. The third-order valence-electron chi connectivity index (χ3n) is 4.41. The minimum absolute atomic E-state index is 0. The first kappa shape index (κ1) is 21.0. The Labute approximate surface area is 141 Å². The molecule has 2 rings (SSSR count). The summed E-state index contributed by atoms with van der Waals surface area (Å²) in [7, 11) is 0. The van der Waals surface area contributed by atoms with Gasteiger partial charge >= 0.3 is 0 Å². The van der Waals surface area contributed by atoms with Gasteiger partial charge in [-0.05, 0) is 77.2 Å². The average Bonchev–Trinajstić information content (AvgIpc) is 2.96. The van der Waals surface area contributed by atoms with Crippen LogP contribution in [0.4, 0.5) is 0 Å². The fraction of sp³-hybridized carbons (Fsp3) is 0.933. The van der Waals surface area contributed by atoms with Crippen LogP contribution in [0.5, 0.6) is 0 Å². The zero-order chi connectivity index (χ0) is 13.3. The number of piperidine rings is 1. The van der Waals surface area contributed by atoms with Crippen LogP contribution in [0.15, 0.2) is 0 Å². The molecule has 0 spiro atoms. The van der Waals surface area contributed by atoms with E-state index in [4.69, 9.17) is 0 Å². The van der Waals surface area contributed by atoms with Crippen LogP contribution in [-0.2, 0) is 4.79 Å². The average molecular weight is 340 g/mol. The highest BCUT2D eigenvalue weighted by atomic mass is 35.5. The third kappa shape index (κ3) is 8.87. The Morgan fingerprint density at radius 3 is 2.48 bits per heavy atom. The highest BCUT2D eigenvalue weighted by molar-refractivity contribution is 5.85. The number of hydrogen-bond donors (Lipinski definition) is 2. The highest BCUT2D eigenvalue weighted by Gasteiger charge is 2.14. The predicted molar refractivity (Wildman–Crippen MR) is 92.6 cm³/mol. The van der Waals surface area contributed by atoms with Gasteiger partial charge in [-0.1, -0.05) is 0 Å². The van der Waals surface area contributed by atoms with Gasteiger partial charge in [0.25, 0.3) is 0 Å². The molecule has 2 N–H and O–H groups in total. The summed E-state index contributed by atoms with van der Waals surface area (Å²) in [5.74, 6) is 1.01. The number of nitrogens with one attached hydrogen (secondary N) is 2. The van der Waals surface area contributed by atoms with Crippen molar-refractivity contribution in [3.05, 3.63) is 0 Å². The molecule has 21 heavy (non-hydrogen) atoms. The largest absolute Gasteiger partial charge is 0.356 e. The van der Waals surface area contributed by atoms with Gasteiger partial charge in [-0.25, -0.2) is 0 Å². The van der Waals surface area contributed by atoms with Crippen LogP contribution in [0.1, 0.15) is 44.9 Å². The number of carbonyl (C=O) groups is 1. The van der Waals surface area contributed by atoms with Gasteiger partial charge in [-0.2, -0.15) is 0 Å². The Kier molecular flexibility index (Phi) is 12.5. The maximum absolute atomic E-state index is 11.7. The summed E-state index contributed by atoms with van der Waals surface area (Å²) >= 11 is 0. The monoisotopic (exact) mass is 339 g/mol. The van der Waals surface area contributed by atoms with Crippen LogP contribution in [0.25, 0.3) is 0 Å². The molecule has 2 aliphatic heterocycles. The molecule has 0 aromatic rings. The number of nitrogens with zero attached hydrogens (tertiary/aromatic N) is 1. The van der Waals surface area contributed by atoms with Crippen molar-refractivity contribution in [1.82, 2.24) is 15.5 Å². The Balaban J connectivity index is 0.00000200. The fourth-order valence-corrected chi connectivity index (χ4v) is 3.13. The zero-order valence-corrected chi connectivity index (χ0v) is 14.6. The van der Waals surface area contributed by atoms with Crippen molar-refractivity contribution in [3.8, 4) is 0 Å². The second kappa shape index (κ2) is 12.5. The van der Waals surface area contributed by atoms with Crippen molar-refractivity contribution in [2.45, 2.75) is 44.9 Å². The van der Waals surface area contributed by atoms with E-state index in [1.807, 2.05) is 0 Å². The van der Waals surface area contributed by atoms with Gasteiger partial charge in [0.2, 0.25) is 5.91 Å². The summed E-state index contributed by atoms with van der Waals surface area (Å²) in [5, 5.41) is 6.43. The molecule has 0 radical (unpaired) electrons. The molecule has 4 nitrogen and oxygen atoms in total. The Morgan fingerprint density at radius 2 is 1.81 bits per heavy atom. The van der Waals surface area contributed by atoms with Crippen molar-refractivity contribution in [1.29, 1.82) is 0 Å². The van der Waals surface area contributed by atoms with E-state index in [1.54, 1.807) is 0 Å². The lowest BCUT2D eigenvalue weighted by Gasteiger charge is -2.22. The van der Waals surface area contributed by atoms with E-state index in [0.29, 0.717) is 6.42 Å². The number of halogens is 2. The van der Waals surface area contributed by atoms with Crippen molar-refractivity contribution in [2.75, 3.05) is 39.3 Å². The lowest BCUT2D eigenvalue weighted by molar-refractivity contribution is -0.121. The zero-order valence-electron chi connectivity index (χ0n) is 12.9. The van der Waals surface area contributed by atoms with Crippen molar-refractivity contribution in [2.24, 2.45) is 5.92 Å². The summed E-state index contributed by atoms with van der Waals surface area (Å²) in [6.45, 7) is 6.76. The second-order valence-electron chi connectivity index (χ2n) is 5.98. The van der Waals surface area contributed by atoms with Crippen LogP contribution < -0.4 is 10.6 Å². The first-order chi connectivity index (χ1) is 9.34. The van der Waals surface area contributed by atoms with Gasteiger partial charge in [-0.3, -0.25) is 4.79 Å². The first-order valence-electron chi connectivity index (χ1n) is 8.04. The van der Waals surface area contributed by atoms with Crippen molar-refractivity contribution < 1.29 is 4.79 Å². The molecule has 0 aromatic heterocycles. The summed E-state index contributed by atoms with van der Waals surface area (Å²) in [4.78, 5) is 14.2. The molecule has 0 aromatic carbocycles. The summed E-state index contributed by atoms with van der Waals surface area (Å²) in [6, 6.07) is 0. The molecular formula is C15H31Cl2N3O. The lowest BCUT2D eigenvalue weighted by atomic mass is 9.93. The standard InChI is InChI=1S/C15H29N3O.2ClH/c19-15(5-4-14-6-9-16-10-7-14)17-8-3-13-18-11-1-2-12-18;;/h14,16H,1-13H2,(H,17,19);2*1H. The molecule has 1 amide bonds. The molecule has 126 valence electrons. The van der Waals surface area contributed by atoms with E-state index in [9.17, 15) is 4.79 Å². The number of carbonyl (C=O) groups excluding carboxylic acids is 1. The Morgan fingerprint density at radius 1 is 1.14 bits per heavy atom.